The highest BCUT2D eigenvalue weighted by Gasteiger charge is 2.30. The Balaban J connectivity index is 1.54. The summed E-state index contributed by atoms with van der Waals surface area (Å²) in [4.78, 5) is 11.3. The summed E-state index contributed by atoms with van der Waals surface area (Å²) in [5.74, 6) is 2.52. The van der Waals surface area contributed by atoms with E-state index in [9.17, 15) is 9.18 Å². The van der Waals surface area contributed by atoms with Gasteiger partial charge in [-0.3, -0.25) is 4.79 Å². The van der Waals surface area contributed by atoms with E-state index in [1.165, 1.54) is 31.2 Å². The molecule has 2 fully saturated rings. The first-order chi connectivity index (χ1) is 9.72. The largest absolute Gasteiger partial charge is 0.300 e. The summed E-state index contributed by atoms with van der Waals surface area (Å²) < 4.78 is 13.0. The smallest absolute Gasteiger partial charge is 0.132 e. The fraction of sp³-hybridized carbons (Fsp3) is 0.611. The minimum atomic E-state index is -0.144. The summed E-state index contributed by atoms with van der Waals surface area (Å²) in [7, 11) is 0. The molecular formula is C18H23FO. The Labute approximate surface area is 120 Å². The van der Waals surface area contributed by atoms with Gasteiger partial charge in [0.25, 0.3) is 0 Å². The zero-order chi connectivity index (χ0) is 13.9. The van der Waals surface area contributed by atoms with Gasteiger partial charge in [0.1, 0.15) is 11.6 Å². The Bertz CT molecular complexity index is 447. The second-order valence-electron chi connectivity index (χ2n) is 6.54. The molecule has 2 aliphatic carbocycles. The average Bonchev–Trinajstić information content (AvgIpc) is 2.49. The van der Waals surface area contributed by atoms with Crippen LogP contribution in [0.5, 0.6) is 0 Å². The molecule has 0 saturated heterocycles. The molecule has 1 aromatic rings. The van der Waals surface area contributed by atoms with Crippen molar-refractivity contribution in [2.24, 2.45) is 11.8 Å². The third-order valence-corrected chi connectivity index (χ3v) is 5.37. The highest BCUT2D eigenvalue weighted by molar-refractivity contribution is 5.79. The van der Waals surface area contributed by atoms with Crippen molar-refractivity contribution in [2.45, 2.75) is 57.3 Å². The summed E-state index contributed by atoms with van der Waals surface area (Å²) in [6.07, 6.45) is 8.85. The van der Waals surface area contributed by atoms with E-state index < -0.39 is 0 Å². The van der Waals surface area contributed by atoms with E-state index in [2.05, 4.69) is 0 Å². The molecule has 0 aliphatic heterocycles. The van der Waals surface area contributed by atoms with Crippen molar-refractivity contribution in [3.63, 3.8) is 0 Å². The molecular weight excluding hydrogens is 251 g/mol. The van der Waals surface area contributed by atoms with Gasteiger partial charge in [0.15, 0.2) is 0 Å². The number of benzene rings is 1. The Morgan fingerprint density at radius 1 is 0.800 bits per heavy atom. The predicted octanol–water partition coefficient (Wildman–Crippen LogP) is 4.86. The minimum absolute atomic E-state index is 0.144. The Morgan fingerprint density at radius 3 is 1.95 bits per heavy atom. The van der Waals surface area contributed by atoms with Crippen LogP contribution >= 0.6 is 0 Å². The van der Waals surface area contributed by atoms with E-state index in [-0.39, 0.29) is 5.82 Å². The van der Waals surface area contributed by atoms with Gasteiger partial charge in [-0.2, -0.15) is 0 Å². The van der Waals surface area contributed by atoms with E-state index in [1.54, 1.807) is 12.1 Å². The number of rotatable bonds is 2. The van der Waals surface area contributed by atoms with Crippen molar-refractivity contribution in [1.29, 1.82) is 0 Å². The van der Waals surface area contributed by atoms with Gasteiger partial charge in [-0.1, -0.05) is 12.1 Å². The highest BCUT2D eigenvalue weighted by Crippen LogP contribution is 2.42. The lowest BCUT2D eigenvalue weighted by Crippen LogP contribution is -2.25. The van der Waals surface area contributed by atoms with Crippen molar-refractivity contribution < 1.29 is 9.18 Å². The molecule has 0 spiro atoms. The molecule has 0 N–H and O–H groups in total. The first-order valence-corrected chi connectivity index (χ1v) is 7.99. The lowest BCUT2D eigenvalue weighted by atomic mass is 9.70. The van der Waals surface area contributed by atoms with E-state index in [1.807, 2.05) is 12.1 Å². The summed E-state index contributed by atoms with van der Waals surface area (Å²) in [6.45, 7) is 0. The lowest BCUT2D eigenvalue weighted by molar-refractivity contribution is -0.121. The molecule has 20 heavy (non-hydrogen) atoms. The van der Waals surface area contributed by atoms with Crippen molar-refractivity contribution in [3.8, 4) is 0 Å². The Morgan fingerprint density at radius 2 is 1.35 bits per heavy atom. The van der Waals surface area contributed by atoms with Gasteiger partial charge in [-0.25, -0.2) is 4.39 Å². The molecule has 0 amide bonds. The van der Waals surface area contributed by atoms with Gasteiger partial charge in [0, 0.05) is 12.8 Å². The van der Waals surface area contributed by atoms with Gasteiger partial charge in [0.2, 0.25) is 0 Å². The van der Waals surface area contributed by atoms with Crippen molar-refractivity contribution in [1.82, 2.24) is 0 Å². The SMILES string of the molecule is O=C1CCC(C2CCC(c3ccc(F)cc3)CC2)CC1. The molecule has 0 radical (unpaired) electrons. The van der Waals surface area contributed by atoms with Crippen molar-refractivity contribution in [3.05, 3.63) is 35.6 Å². The monoisotopic (exact) mass is 274 g/mol. The number of hydrogen-bond donors (Lipinski definition) is 0. The molecule has 0 heterocycles. The molecule has 2 heteroatoms. The third-order valence-electron chi connectivity index (χ3n) is 5.37. The average molecular weight is 274 g/mol. The third kappa shape index (κ3) is 3.11. The number of hydrogen-bond acceptors (Lipinski definition) is 1. The minimum Gasteiger partial charge on any atom is -0.300 e. The van der Waals surface area contributed by atoms with Crippen LogP contribution in [0, 0.1) is 17.7 Å². The highest BCUT2D eigenvalue weighted by atomic mass is 19.1. The van der Waals surface area contributed by atoms with Crippen LogP contribution in [0.15, 0.2) is 24.3 Å². The first-order valence-electron chi connectivity index (χ1n) is 7.99. The fourth-order valence-electron chi connectivity index (χ4n) is 4.09. The molecule has 2 aliphatic rings. The van der Waals surface area contributed by atoms with E-state index in [0.29, 0.717) is 11.7 Å². The number of Topliss-reactive ketones (excluding diaryl/α,β-unsaturated/α-hetero) is 1. The van der Waals surface area contributed by atoms with Crippen LogP contribution in [0.1, 0.15) is 62.8 Å². The lowest BCUT2D eigenvalue weighted by Gasteiger charge is -2.35. The van der Waals surface area contributed by atoms with Crippen LogP contribution in [0.3, 0.4) is 0 Å². The molecule has 1 aromatic carbocycles. The van der Waals surface area contributed by atoms with E-state index in [0.717, 1.165) is 37.5 Å². The molecule has 1 nitrogen and oxygen atoms in total. The maximum atomic E-state index is 13.0. The summed E-state index contributed by atoms with van der Waals surface area (Å²) >= 11 is 0. The van der Waals surface area contributed by atoms with Crippen molar-refractivity contribution in [2.75, 3.05) is 0 Å². The molecule has 0 atom stereocenters. The van der Waals surface area contributed by atoms with Crippen LogP contribution in [0.25, 0.3) is 0 Å². The quantitative estimate of drug-likeness (QED) is 0.752. The number of halogens is 1. The maximum absolute atomic E-state index is 13.0. The second kappa shape index (κ2) is 6.07. The van der Waals surface area contributed by atoms with Gasteiger partial charge in [0.05, 0.1) is 0 Å². The van der Waals surface area contributed by atoms with Crippen LogP contribution in [-0.2, 0) is 4.79 Å². The molecule has 0 aromatic heterocycles. The second-order valence-corrected chi connectivity index (χ2v) is 6.54. The Kier molecular flexibility index (Phi) is 4.18. The Hall–Kier alpha value is -1.18. The van der Waals surface area contributed by atoms with Gasteiger partial charge < -0.3 is 0 Å². The maximum Gasteiger partial charge on any atom is 0.132 e. The van der Waals surface area contributed by atoms with Crippen LogP contribution in [0.2, 0.25) is 0 Å². The molecule has 2 saturated carbocycles. The zero-order valence-corrected chi connectivity index (χ0v) is 12.0. The fourth-order valence-corrected chi connectivity index (χ4v) is 4.09. The topological polar surface area (TPSA) is 17.1 Å². The van der Waals surface area contributed by atoms with Gasteiger partial charge in [-0.15, -0.1) is 0 Å². The van der Waals surface area contributed by atoms with Crippen LogP contribution in [0.4, 0.5) is 4.39 Å². The number of ketones is 1. The van der Waals surface area contributed by atoms with Crippen LogP contribution in [-0.4, -0.2) is 5.78 Å². The van der Waals surface area contributed by atoms with Gasteiger partial charge in [-0.05, 0) is 74.0 Å². The predicted molar refractivity (Wildman–Crippen MR) is 78.1 cm³/mol. The summed E-state index contributed by atoms with van der Waals surface area (Å²) in [5.41, 5.74) is 1.30. The molecule has 0 bridgehead atoms. The normalized spacial score (nSPS) is 28.6. The van der Waals surface area contributed by atoms with E-state index >= 15 is 0 Å². The number of carbonyl (C=O) groups excluding carboxylic acids is 1. The van der Waals surface area contributed by atoms with Crippen molar-refractivity contribution >= 4 is 5.78 Å². The van der Waals surface area contributed by atoms with Gasteiger partial charge >= 0.3 is 0 Å². The summed E-state index contributed by atoms with van der Waals surface area (Å²) in [5, 5.41) is 0. The molecule has 108 valence electrons. The summed E-state index contributed by atoms with van der Waals surface area (Å²) in [6, 6.07) is 7.04. The first kappa shape index (κ1) is 13.8. The molecule has 0 unspecified atom stereocenters. The standard InChI is InChI=1S/C18H23FO/c19-17-9-5-15(6-10-17)13-1-3-14(4-2-13)16-7-11-18(20)12-8-16/h5-6,9-10,13-14,16H,1-4,7-8,11-12H2. The molecule has 3 rings (SSSR count). The van der Waals surface area contributed by atoms with E-state index in [4.69, 9.17) is 0 Å². The number of carbonyl (C=O) groups is 1. The van der Waals surface area contributed by atoms with Crippen LogP contribution < -0.4 is 0 Å². The zero-order valence-electron chi connectivity index (χ0n) is 12.0.